The summed E-state index contributed by atoms with van der Waals surface area (Å²) in [4.78, 5) is 61.2. The van der Waals surface area contributed by atoms with Crippen molar-refractivity contribution >= 4 is 88.2 Å². The summed E-state index contributed by atoms with van der Waals surface area (Å²) in [5.74, 6) is -3.22. The molecule has 4 amide bonds. The van der Waals surface area contributed by atoms with Gasteiger partial charge in [-0.1, -0.05) is 77.9 Å². The molecule has 10 rings (SSSR count). The van der Waals surface area contributed by atoms with Crippen molar-refractivity contribution in [3.05, 3.63) is 177 Å². The van der Waals surface area contributed by atoms with Crippen LogP contribution < -0.4 is 29.6 Å². The first kappa shape index (κ1) is 68.5. The summed E-state index contributed by atoms with van der Waals surface area (Å²) in [6, 6.07) is 31.3. The van der Waals surface area contributed by atoms with Crippen LogP contribution in [0, 0.1) is 17.5 Å². The van der Waals surface area contributed by atoms with Gasteiger partial charge in [-0.2, -0.15) is 0 Å². The number of carbonyl (C=O) groups is 4. The highest BCUT2D eigenvalue weighted by molar-refractivity contribution is 7.92. The number of anilines is 4. The van der Waals surface area contributed by atoms with Gasteiger partial charge in [-0.25, -0.2) is 30.0 Å². The van der Waals surface area contributed by atoms with E-state index in [4.69, 9.17) is 9.47 Å². The molecule has 93 heavy (non-hydrogen) atoms. The number of fused-ring (bicyclic) bond motifs is 2. The van der Waals surface area contributed by atoms with E-state index >= 15 is 0 Å². The molecule has 2 aromatic heterocycles. The Morgan fingerprint density at radius 1 is 0.484 bits per heavy atom. The second kappa shape index (κ2) is 27.3. The second-order valence-corrected chi connectivity index (χ2v) is 29.0. The number of benzene rings is 6. The fraction of sp³-hybridized carbons (Fsp3) is 0.353. The van der Waals surface area contributed by atoms with Crippen molar-refractivity contribution < 1.29 is 58.7 Å². The van der Waals surface area contributed by atoms with Crippen LogP contribution in [0.25, 0.3) is 21.8 Å². The van der Waals surface area contributed by atoms with Crippen molar-refractivity contribution in [1.82, 2.24) is 28.7 Å². The molecule has 0 spiro atoms. The number of aromatic nitrogens is 2. The summed E-state index contributed by atoms with van der Waals surface area (Å²) in [7, 11) is -0.739. The van der Waals surface area contributed by atoms with Crippen LogP contribution in [-0.4, -0.2) is 148 Å². The van der Waals surface area contributed by atoms with Gasteiger partial charge in [-0.3, -0.25) is 38.4 Å². The maximum Gasteiger partial charge on any atom is 0.272 e. The molecule has 20 nitrogen and oxygen atoms in total. The van der Waals surface area contributed by atoms with Crippen LogP contribution in [0.2, 0.25) is 0 Å². The Labute approximate surface area is 540 Å². The maximum atomic E-state index is 13.8. The molecule has 0 saturated carbocycles. The molecule has 0 aliphatic carbocycles. The largest absolute Gasteiger partial charge is 0.492 e. The Morgan fingerprint density at radius 3 is 1.23 bits per heavy atom. The molecule has 2 saturated heterocycles. The first-order valence-corrected chi connectivity index (χ1v) is 33.9. The maximum absolute atomic E-state index is 13.8. The second-order valence-electron chi connectivity index (χ2n) is 25.5. The molecule has 0 unspecified atom stereocenters. The Hall–Kier alpha value is -8.91. The van der Waals surface area contributed by atoms with Gasteiger partial charge in [0.15, 0.2) is 23.1 Å². The summed E-state index contributed by atoms with van der Waals surface area (Å²) >= 11 is 0. The van der Waals surface area contributed by atoms with Crippen molar-refractivity contribution in [2.45, 2.75) is 65.5 Å². The number of methoxy groups -OCH3 is 2. The highest BCUT2D eigenvalue weighted by Gasteiger charge is 2.29. The van der Waals surface area contributed by atoms with Gasteiger partial charge in [0.1, 0.15) is 17.2 Å². The van der Waals surface area contributed by atoms with Crippen molar-refractivity contribution in [2.75, 3.05) is 99.2 Å². The van der Waals surface area contributed by atoms with Crippen LogP contribution in [0.4, 0.5) is 35.9 Å². The average Bonchev–Trinajstić information content (AvgIpc) is 1.78. The third-order valence-corrected chi connectivity index (χ3v) is 17.7. The van der Waals surface area contributed by atoms with Crippen LogP contribution in [0.1, 0.15) is 105 Å². The van der Waals surface area contributed by atoms with Crippen molar-refractivity contribution in [1.29, 1.82) is 0 Å². The molecule has 0 radical (unpaired) electrons. The first-order chi connectivity index (χ1) is 43.7. The zero-order valence-corrected chi connectivity index (χ0v) is 55.9. The number of nitrogens with one attached hydrogen (secondary N) is 4. The highest BCUT2D eigenvalue weighted by Crippen LogP contribution is 2.41. The normalized spacial score (nSPS) is 14.4. The lowest BCUT2D eigenvalue weighted by atomic mass is 9.86. The van der Waals surface area contributed by atoms with E-state index in [1.807, 2.05) is 113 Å². The molecule has 494 valence electrons. The van der Waals surface area contributed by atoms with Gasteiger partial charge in [0.05, 0.1) is 60.5 Å². The Bertz CT molecular complexity index is 4410. The van der Waals surface area contributed by atoms with Crippen molar-refractivity contribution in [2.24, 2.45) is 14.1 Å². The zero-order valence-electron chi connectivity index (χ0n) is 54.3. The number of para-hydroxylation sites is 2. The van der Waals surface area contributed by atoms with Crippen LogP contribution in [-0.2, 0) is 58.1 Å². The monoisotopic (exact) mass is 1320 g/mol. The van der Waals surface area contributed by atoms with Gasteiger partial charge in [0.2, 0.25) is 20.0 Å². The summed E-state index contributed by atoms with van der Waals surface area (Å²) < 4.78 is 109. The molecule has 0 bridgehead atoms. The van der Waals surface area contributed by atoms with E-state index < -0.39 is 37.6 Å². The summed E-state index contributed by atoms with van der Waals surface area (Å²) in [5.41, 5.74) is 7.33. The number of hydrogen-bond acceptors (Lipinski definition) is 12. The number of nitrogens with zero attached hydrogens (tertiary/aromatic N) is 6. The number of halogens is 3. The number of aryl methyl sites for hydroxylation is 2. The van der Waals surface area contributed by atoms with Gasteiger partial charge in [0.25, 0.3) is 23.6 Å². The van der Waals surface area contributed by atoms with Crippen LogP contribution in [0.5, 0.6) is 11.5 Å². The summed E-state index contributed by atoms with van der Waals surface area (Å²) in [6.07, 6.45) is 2.12. The molecule has 25 heteroatoms. The lowest BCUT2D eigenvalue weighted by Gasteiger charge is -2.35. The lowest BCUT2D eigenvalue weighted by molar-refractivity contribution is 0.0622. The van der Waals surface area contributed by atoms with Gasteiger partial charge < -0.3 is 39.0 Å². The number of rotatable bonds is 16. The minimum absolute atomic E-state index is 0.108. The van der Waals surface area contributed by atoms with E-state index in [-0.39, 0.29) is 62.8 Å². The van der Waals surface area contributed by atoms with Gasteiger partial charge in [0, 0.05) is 101 Å². The van der Waals surface area contributed by atoms with E-state index in [1.54, 1.807) is 34.1 Å². The third-order valence-electron chi connectivity index (χ3n) is 16.5. The molecular weight excluding hydrogens is 1240 g/mol. The van der Waals surface area contributed by atoms with Crippen LogP contribution in [0.15, 0.2) is 115 Å². The highest BCUT2D eigenvalue weighted by atomic mass is 32.2. The molecule has 0 atom stereocenters. The predicted molar refractivity (Wildman–Crippen MR) is 357 cm³/mol. The Morgan fingerprint density at radius 2 is 0.860 bits per heavy atom. The molecule has 4 N–H and O–H groups in total. The molecule has 2 aliphatic heterocycles. The van der Waals surface area contributed by atoms with Gasteiger partial charge in [-0.15, -0.1) is 0 Å². The SMILES string of the molecule is COc1c(NC(=O)c2cc3cccc(CN4CCN(C(=O)c5ccc(F)c(F)c5)CC4)c3n2C)cc(C(C)(C)C)cc1NS(C)(=O)=O.COc1c(NC(=O)c2cc3cccc(CN4CCN(C(=O)c5ccc(F)cc5)CC4)c3n2C)cc(C(C)(C)C)cc1NS(C)(=O)=O. The van der Waals surface area contributed by atoms with Crippen LogP contribution >= 0.6 is 0 Å². The molecule has 2 aliphatic rings. The number of piperazine rings is 2. The fourth-order valence-electron chi connectivity index (χ4n) is 11.7. The van der Waals surface area contributed by atoms with E-state index in [2.05, 4.69) is 29.9 Å². The lowest BCUT2D eigenvalue weighted by Crippen LogP contribution is -2.48. The molecule has 4 heterocycles. The summed E-state index contributed by atoms with van der Waals surface area (Å²) in [6.45, 7) is 17.7. The molecule has 8 aromatic rings. The van der Waals surface area contributed by atoms with Crippen molar-refractivity contribution in [3.8, 4) is 11.5 Å². The first-order valence-electron chi connectivity index (χ1n) is 30.1. The van der Waals surface area contributed by atoms with E-state index in [1.165, 1.54) is 44.6 Å². The Kier molecular flexibility index (Phi) is 20.1. The third kappa shape index (κ3) is 16.1. The van der Waals surface area contributed by atoms with Gasteiger partial charge in [-0.05, 0) is 112 Å². The number of hydrogen-bond donors (Lipinski definition) is 4. The minimum atomic E-state index is -3.63. The molecule has 6 aromatic carbocycles. The number of sulfonamides is 2. The topological polar surface area (TPSA) is 226 Å². The zero-order chi connectivity index (χ0) is 67.6. The minimum Gasteiger partial charge on any atom is -0.492 e. The van der Waals surface area contributed by atoms with Crippen LogP contribution in [0.3, 0.4) is 0 Å². The van der Waals surface area contributed by atoms with Gasteiger partial charge >= 0.3 is 0 Å². The van der Waals surface area contributed by atoms with Crippen molar-refractivity contribution in [3.63, 3.8) is 0 Å². The number of amides is 4. The number of ether oxygens (including phenoxy) is 2. The van der Waals surface area contributed by atoms with E-state index in [0.717, 1.165) is 68.7 Å². The summed E-state index contributed by atoms with van der Waals surface area (Å²) in [5, 5.41) is 7.69. The van der Waals surface area contributed by atoms with E-state index in [0.29, 0.717) is 93.8 Å². The standard InChI is InChI=1S/C34H39F2N5O5S.C34H40FN5O5S/c1-34(2,3)24-18-27(31(46-5)28(19-24)38-47(6,44)45)37-32(42)29-17-21-8-7-9-23(30(21)39(29)4)20-40-12-14-41(15-13-40)33(43)22-10-11-25(35)26(36)16-22;1-34(2,3)25-19-27(31(45-5)28(20-25)37-46(6,43)44)36-32(41)29-18-23-8-7-9-24(30(23)38(29)4)21-39-14-16-40(17-15-39)33(42)22-10-12-26(35)13-11-22/h7-11,16-19,38H,12-15,20H2,1-6H3,(H,37,42);7-13,18-20,37H,14-17,21H2,1-6H3,(H,36,41). The average molecular weight is 1320 g/mol. The number of carbonyl (C=O) groups excluding carboxylic acids is 4. The predicted octanol–water partition coefficient (Wildman–Crippen LogP) is 10.5. The molecular formula is C68H79F3N10O10S2. The van der Waals surface area contributed by atoms with E-state index in [9.17, 15) is 49.2 Å². The molecule has 2 fully saturated rings. The Balaban J connectivity index is 0.000000219. The fourth-order valence-corrected chi connectivity index (χ4v) is 12.8. The smallest absolute Gasteiger partial charge is 0.272 e. The quantitative estimate of drug-likeness (QED) is 0.0709.